The summed E-state index contributed by atoms with van der Waals surface area (Å²) >= 11 is 11.5. The molecule has 0 aliphatic rings. The van der Waals surface area contributed by atoms with E-state index in [4.69, 9.17) is 23.2 Å². The fraction of sp³-hybridized carbons (Fsp3) is 0.238. The molecule has 0 saturated heterocycles. The van der Waals surface area contributed by atoms with Gasteiger partial charge in [0, 0.05) is 15.8 Å². The smallest absolute Gasteiger partial charge is 0.416 e. The number of benzene rings is 2. The molecule has 3 aromatic rings. The van der Waals surface area contributed by atoms with Crippen LogP contribution in [0.2, 0.25) is 0 Å². The molecule has 0 fully saturated rings. The third-order valence-electron chi connectivity index (χ3n) is 4.11. The van der Waals surface area contributed by atoms with Gasteiger partial charge in [-0.2, -0.15) is 13.2 Å². The van der Waals surface area contributed by atoms with Gasteiger partial charge in [-0.15, -0.1) is 35.0 Å². The van der Waals surface area contributed by atoms with Crippen LogP contribution in [0, 0.1) is 6.92 Å². The lowest BCUT2D eigenvalue weighted by Gasteiger charge is -2.14. The number of alkyl halides is 5. The van der Waals surface area contributed by atoms with E-state index in [1.54, 1.807) is 32.0 Å². The summed E-state index contributed by atoms with van der Waals surface area (Å²) in [6.45, 7) is 3.26. The van der Waals surface area contributed by atoms with Gasteiger partial charge >= 0.3 is 12.1 Å². The van der Waals surface area contributed by atoms with E-state index in [1.807, 2.05) is 6.26 Å². The van der Waals surface area contributed by atoms with Crippen LogP contribution in [0.1, 0.15) is 28.4 Å². The molecule has 1 heterocycles. The van der Waals surface area contributed by atoms with Crippen LogP contribution in [0.5, 0.6) is 0 Å². The molecular weight excluding hydrogens is 458 g/mol. The van der Waals surface area contributed by atoms with Crippen molar-refractivity contribution in [3.63, 3.8) is 0 Å². The molecular formula is C21H18Cl2F3NO2S. The van der Waals surface area contributed by atoms with Crippen molar-refractivity contribution in [2.75, 3.05) is 6.26 Å². The van der Waals surface area contributed by atoms with E-state index < -0.39 is 17.7 Å². The summed E-state index contributed by atoms with van der Waals surface area (Å²) in [6, 6.07) is 9.98. The summed E-state index contributed by atoms with van der Waals surface area (Å²) in [5.74, 6) is -1.14. The van der Waals surface area contributed by atoms with Crippen LogP contribution < -0.4 is 0 Å². The Hall–Kier alpha value is -1.96. The zero-order valence-corrected chi connectivity index (χ0v) is 18.5. The highest BCUT2D eigenvalue weighted by Gasteiger charge is 2.31. The van der Waals surface area contributed by atoms with Crippen molar-refractivity contribution in [2.24, 2.45) is 0 Å². The molecule has 0 saturated carbocycles. The van der Waals surface area contributed by atoms with Gasteiger partial charge in [-0.3, -0.25) is 0 Å². The second-order valence-electron chi connectivity index (χ2n) is 6.25. The van der Waals surface area contributed by atoms with Crippen LogP contribution in [0.25, 0.3) is 22.2 Å². The molecule has 3 rings (SSSR count). The average Bonchev–Trinajstić information content (AvgIpc) is 2.65. The molecule has 160 valence electrons. The summed E-state index contributed by atoms with van der Waals surface area (Å²) in [5, 5.41) is 10.1. The number of nitrogens with zero attached hydrogens (tertiary/aromatic N) is 1. The molecule has 0 aliphatic heterocycles. The van der Waals surface area contributed by atoms with E-state index in [-0.39, 0.29) is 21.7 Å². The molecule has 0 bridgehead atoms. The lowest BCUT2D eigenvalue weighted by atomic mass is 9.97. The minimum Gasteiger partial charge on any atom is -0.478 e. The van der Waals surface area contributed by atoms with Crippen LogP contribution in [0.15, 0.2) is 47.4 Å². The Bertz CT molecular complexity index is 1070. The van der Waals surface area contributed by atoms with Crippen molar-refractivity contribution in [3.05, 3.63) is 59.2 Å². The highest BCUT2D eigenvalue weighted by molar-refractivity contribution is 7.98. The Morgan fingerprint density at radius 3 is 2.33 bits per heavy atom. The topological polar surface area (TPSA) is 50.2 Å². The molecule has 0 radical (unpaired) electrons. The Balaban J connectivity index is 0.000000735. The predicted molar refractivity (Wildman–Crippen MR) is 117 cm³/mol. The number of pyridine rings is 1. The first kappa shape index (κ1) is 24.3. The quantitative estimate of drug-likeness (QED) is 0.315. The Kier molecular flexibility index (Phi) is 8.02. The minimum atomic E-state index is -4.48. The fourth-order valence-corrected chi connectivity index (χ4v) is 3.30. The Morgan fingerprint density at radius 2 is 1.80 bits per heavy atom. The van der Waals surface area contributed by atoms with E-state index in [0.717, 1.165) is 17.0 Å². The first-order chi connectivity index (χ1) is 14.0. The molecule has 0 spiro atoms. The van der Waals surface area contributed by atoms with E-state index in [1.165, 1.54) is 23.9 Å². The number of thioether (sulfide) groups is 1. The molecule has 3 nitrogen and oxygen atoms in total. The first-order valence-electron chi connectivity index (χ1n) is 8.63. The van der Waals surface area contributed by atoms with Crippen molar-refractivity contribution < 1.29 is 23.1 Å². The standard InChI is InChI=1S/C19H14F3NO2S.C2H4Cl2/c1-10-16(18(24)25)14-9-13(26-2)6-7-15(14)23-17(10)11-4-3-5-12(8-11)19(20,21)22;1-2(3)4/h3-9H,1-2H3,(H,24,25);2H,1H3. The maximum Gasteiger partial charge on any atom is 0.416 e. The van der Waals surface area contributed by atoms with Gasteiger partial charge in [0.15, 0.2) is 0 Å². The monoisotopic (exact) mass is 475 g/mol. The van der Waals surface area contributed by atoms with Crippen molar-refractivity contribution in [1.82, 2.24) is 4.98 Å². The van der Waals surface area contributed by atoms with E-state index in [0.29, 0.717) is 16.5 Å². The molecule has 2 aromatic carbocycles. The normalized spacial score (nSPS) is 11.4. The molecule has 9 heteroatoms. The van der Waals surface area contributed by atoms with Gasteiger partial charge < -0.3 is 5.11 Å². The van der Waals surface area contributed by atoms with Crippen molar-refractivity contribution in [2.45, 2.75) is 29.8 Å². The lowest BCUT2D eigenvalue weighted by molar-refractivity contribution is -0.137. The zero-order valence-electron chi connectivity index (χ0n) is 16.2. The van der Waals surface area contributed by atoms with Gasteiger partial charge in [-0.05, 0) is 56.0 Å². The maximum atomic E-state index is 13.0. The molecule has 0 aliphatic carbocycles. The lowest BCUT2D eigenvalue weighted by Crippen LogP contribution is -2.07. The number of rotatable bonds is 3. The summed E-state index contributed by atoms with van der Waals surface area (Å²) in [7, 11) is 0. The van der Waals surface area contributed by atoms with Crippen molar-refractivity contribution in [3.8, 4) is 11.3 Å². The largest absolute Gasteiger partial charge is 0.478 e. The van der Waals surface area contributed by atoms with Crippen LogP contribution in [-0.4, -0.2) is 27.2 Å². The summed E-state index contributed by atoms with van der Waals surface area (Å²) in [4.78, 5) is 16.9. The number of carboxylic acids is 1. The van der Waals surface area contributed by atoms with Crippen molar-refractivity contribution >= 4 is 51.8 Å². The molecule has 0 unspecified atom stereocenters. The first-order valence-corrected chi connectivity index (χ1v) is 10.7. The summed E-state index contributed by atoms with van der Waals surface area (Å²) in [6.07, 6.45) is -2.61. The maximum absolute atomic E-state index is 13.0. The highest BCUT2D eigenvalue weighted by Crippen LogP contribution is 2.35. The fourth-order valence-electron chi connectivity index (χ4n) is 2.86. The molecule has 1 N–H and O–H groups in total. The predicted octanol–water partition coefficient (Wildman–Crippen LogP) is 7.46. The third-order valence-corrected chi connectivity index (χ3v) is 4.84. The number of hydrogen-bond acceptors (Lipinski definition) is 3. The number of aromatic nitrogens is 1. The number of carboxylic acid groups (broad SMARTS) is 1. The van der Waals surface area contributed by atoms with E-state index in [9.17, 15) is 23.1 Å². The number of carbonyl (C=O) groups is 1. The van der Waals surface area contributed by atoms with Crippen LogP contribution in [0.3, 0.4) is 0 Å². The SMILES string of the molecule is CC(Cl)Cl.CSc1ccc2nc(-c3cccc(C(F)(F)F)c3)c(C)c(C(=O)O)c2c1. The molecule has 1 aromatic heterocycles. The van der Waals surface area contributed by atoms with Gasteiger partial charge in [0.25, 0.3) is 0 Å². The summed E-state index contributed by atoms with van der Waals surface area (Å²) in [5.41, 5.74) is 0.485. The number of aromatic carboxylic acids is 1. The van der Waals surface area contributed by atoms with Crippen LogP contribution in [0.4, 0.5) is 13.2 Å². The third kappa shape index (κ3) is 5.80. The molecule has 0 amide bonds. The molecule has 0 atom stereocenters. The summed E-state index contributed by atoms with van der Waals surface area (Å²) < 4.78 is 39.0. The Labute approximate surface area is 186 Å². The average molecular weight is 476 g/mol. The van der Waals surface area contributed by atoms with Crippen LogP contribution >= 0.6 is 35.0 Å². The van der Waals surface area contributed by atoms with Gasteiger partial charge in [0.1, 0.15) is 4.84 Å². The van der Waals surface area contributed by atoms with Gasteiger partial charge in [-0.1, -0.05) is 12.1 Å². The Morgan fingerprint density at radius 1 is 1.17 bits per heavy atom. The highest BCUT2D eigenvalue weighted by atomic mass is 35.5. The second kappa shape index (κ2) is 9.90. The minimum absolute atomic E-state index is 0.0540. The number of halogens is 5. The van der Waals surface area contributed by atoms with Gasteiger partial charge in [0.2, 0.25) is 0 Å². The van der Waals surface area contributed by atoms with E-state index in [2.05, 4.69) is 4.98 Å². The number of fused-ring (bicyclic) bond motifs is 1. The zero-order chi connectivity index (χ0) is 22.6. The number of hydrogen-bond donors (Lipinski definition) is 1. The molecule has 30 heavy (non-hydrogen) atoms. The second-order valence-corrected chi connectivity index (χ2v) is 8.66. The van der Waals surface area contributed by atoms with Gasteiger partial charge in [-0.25, -0.2) is 9.78 Å². The van der Waals surface area contributed by atoms with Crippen LogP contribution in [-0.2, 0) is 6.18 Å². The van der Waals surface area contributed by atoms with Gasteiger partial charge in [0.05, 0.1) is 22.3 Å². The van der Waals surface area contributed by atoms with Crippen molar-refractivity contribution in [1.29, 1.82) is 0 Å². The van der Waals surface area contributed by atoms with E-state index >= 15 is 0 Å².